The summed E-state index contributed by atoms with van der Waals surface area (Å²) in [5.74, 6) is 0.0837. The Balaban J connectivity index is 1.65. The van der Waals surface area contributed by atoms with E-state index in [-0.39, 0.29) is 11.9 Å². The summed E-state index contributed by atoms with van der Waals surface area (Å²) in [5.41, 5.74) is 1.08. The molecule has 0 bridgehead atoms. The average Bonchev–Trinajstić information content (AvgIpc) is 3.00. The predicted molar refractivity (Wildman–Crippen MR) is 93.3 cm³/mol. The summed E-state index contributed by atoms with van der Waals surface area (Å²) >= 11 is 1.73. The van der Waals surface area contributed by atoms with Crippen LogP contribution in [0.15, 0.2) is 60.0 Å². The maximum Gasteiger partial charge on any atom is 0.224 e. The summed E-state index contributed by atoms with van der Waals surface area (Å²) in [6.07, 6.45) is 1.31. The topological polar surface area (TPSA) is 29.1 Å². The molecule has 0 radical (unpaired) electrons. The number of carbonyl (C=O) groups excluding carboxylic acids is 1. The van der Waals surface area contributed by atoms with Crippen molar-refractivity contribution in [3.8, 4) is 0 Å². The molecule has 2 nitrogen and oxygen atoms in total. The van der Waals surface area contributed by atoms with Crippen LogP contribution in [0.5, 0.6) is 0 Å². The van der Waals surface area contributed by atoms with Gasteiger partial charge in [0.05, 0.1) is 6.42 Å². The molecule has 1 atom stereocenters. The highest BCUT2D eigenvalue weighted by molar-refractivity contribution is 7.09. The highest BCUT2D eigenvalue weighted by atomic mass is 32.1. The van der Waals surface area contributed by atoms with E-state index in [1.54, 1.807) is 11.3 Å². The van der Waals surface area contributed by atoms with Gasteiger partial charge >= 0.3 is 0 Å². The summed E-state index contributed by atoms with van der Waals surface area (Å²) in [4.78, 5) is 13.6. The van der Waals surface area contributed by atoms with E-state index in [4.69, 9.17) is 0 Å². The predicted octanol–water partition coefficient (Wildman–Crippen LogP) is 4.19. The molecule has 0 saturated heterocycles. The molecule has 0 spiro atoms. The fourth-order valence-electron chi connectivity index (χ4n) is 2.73. The smallest absolute Gasteiger partial charge is 0.224 e. The van der Waals surface area contributed by atoms with E-state index in [1.807, 2.05) is 30.3 Å². The molecule has 1 heterocycles. The molecule has 3 rings (SSSR count). The maximum atomic E-state index is 12.3. The van der Waals surface area contributed by atoms with Gasteiger partial charge in [0.2, 0.25) is 5.91 Å². The van der Waals surface area contributed by atoms with Gasteiger partial charge in [0, 0.05) is 17.3 Å². The van der Waals surface area contributed by atoms with E-state index in [0.717, 1.165) is 17.4 Å². The van der Waals surface area contributed by atoms with Gasteiger partial charge in [-0.15, -0.1) is 11.3 Å². The number of nitrogens with one attached hydrogen (secondary N) is 1. The zero-order chi connectivity index (χ0) is 15.4. The first kappa shape index (κ1) is 14.8. The van der Waals surface area contributed by atoms with Crippen LogP contribution >= 0.6 is 11.3 Å². The quantitative estimate of drug-likeness (QED) is 0.752. The van der Waals surface area contributed by atoms with Crippen LogP contribution in [0, 0.1) is 0 Å². The second-order valence-corrected chi connectivity index (χ2v) is 6.60. The van der Waals surface area contributed by atoms with Crippen LogP contribution in [-0.2, 0) is 17.6 Å². The third-order valence-electron chi connectivity index (χ3n) is 3.73. The SMILES string of the molecule is C[C@H](Cc1cccs1)NC(=O)Cc1cccc2ccccc12. The molecule has 0 unspecified atom stereocenters. The Bertz CT molecular complexity index is 759. The molecule has 3 heteroatoms. The van der Waals surface area contributed by atoms with E-state index in [1.165, 1.54) is 10.3 Å². The second kappa shape index (κ2) is 6.75. The Kier molecular flexibility index (Phi) is 4.54. The fourth-order valence-corrected chi connectivity index (χ4v) is 3.56. The number of carbonyl (C=O) groups is 1. The molecule has 0 fully saturated rings. The van der Waals surface area contributed by atoms with Crippen LogP contribution in [-0.4, -0.2) is 11.9 Å². The van der Waals surface area contributed by atoms with Gasteiger partial charge in [-0.1, -0.05) is 48.5 Å². The zero-order valence-electron chi connectivity index (χ0n) is 12.6. The summed E-state index contributed by atoms with van der Waals surface area (Å²) in [6, 6.07) is 18.6. The normalized spacial score (nSPS) is 12.2. The summed E-state index contributed by atoms with van der Waals surface area (Å²) in [5, 5.41) is 7.51. The van der Waals surface area contributed by atoms with Crippen molar-refractivity contribution in [1.82, 2.24) is 5.32 Å². The molecule has 112 valence electrons. The van der Waals surface area contributed by atoms with Crippen LogP contribution in [0.4, 0.5) is 0 Å². The van der Waals surface area contributed by atoms with Crippen LogP contribution < -0.4 is 5.32 Å². The van der Waals surface area contributed by atoms with Crippen molar-refractivity contribution in [2.24, 2.45) is 0 Å². The Morgan fingerprint density at radius 3 is 2.73 bits per heavy atom. The minimum absolute atomic E-state index is 0.0837. The molecule has 0 saturated carbocycles. The van der Waals surface area contributed by atoms with Crippen molar-refractivity contribution >= 4 is 28.0 Å². The van der Waals surface area contributed by atoms with Gasteiger partial charge in [-0.2, -0.15) is 0 Å². The lowest BCUT2D eigenvalue weighted by molar-refractivity contribution is -0.121. The molecule has 3 aromatic rings. The number of benzene rings is 2. The minimum atomic E-state index is 0.0837. The number of rotatable bonds is 5. The van der Waals surface area contributed by atoms with E-state index >= 15 is 0 Å². The highest BCUT2D eigenvalue weighted by Gasteiger charge is 2.11. The van der Waals surface area contributed by atoms with Gasteiger partial charge in [-0.25, -0.2) is 0 Å². The summed E-state index contributed by atoms with van der Waals surface area (Å²) in [7, 11) is 0. The molecule has 0 aliphatic heterocycles. The van der Waals surface area contributed by atoms with E-state index in [2.05, 4.69) is 41.9 Å². The number of hydrogen-bond donors (Lipinski definition) is 1. The van der Waals surface area contributed by atoms with Crippen molar-refractivity contribution in [3.05, 3.63) is 70.4 Å². The Hall–Kier alpha value is -2.13. The van der Waals surface area contributed by atoms with Crippen LogP contribution in [0.1, 0.15) is 17.4 Å². The van der Waals surface area contributed by atoms with Gasteiger partial charge in [-0.3, -0.25) is 4.79 Å². The lowest BCUT2D eigenvalue weighted by Gasteiger charge is -2.13. The lowest BCUT2D eigenvalue weighted by Crippen LogP contribution is -2.35. The third-order valence-corrected chi connectivity index (χ3v) is 4.62. The van der Waals surface area contributed by atoms with Crippen molar-refractivity contribution in [2.45, 2.75) is 25.8 Å². The molecule has 1 amide bonds. The van der Waals surface area contributed by atoms with Gasteiger partial charge in [-0.05, 0) is 34.7 Å². The van der Waals surface area contributed by atoms with E-state index < -0.39 is 0 Å². The first-order chi connectivity index (χ1) is 10.7. The van der Waals surface area contributed by atoms with Crippen LogP contribution in [0.3, 0.4) is 0 Å². The number of thiophene rings is 1. The minimum Gasteiger partial charge on any atom is -0.353 e. The highest BCUT2D eigenvalue weighted by Crippen LogP contribution is 2.19. The molecule has 0 aliphatic rings. The van der Waals surface area contributed by atoms with Crippen LogP contribution in [0.2, 0.25) is 0 Å². The molecule has 0 aliphatic carbocycles. The Morgan fingerprint density at radius 2 is 1.91 bits per heavy atom. The molecule has 1 aromatic heterocycles. The fraction of sp³-hybridized carbons (Fsp3) is 0.211. The monoisotopic (exact) mass is 309 g/mol. The third kappa shape index (κ3) is 3.55. The number of hydrogen-bond acceptors (Lipinski definition) is 2. The Labute approximate surface area is 134 Å². The maximum absolute atomic E-state index is 12.3. The zero-order valence-corrected chi connectivity index (χ0v) is 13.4. The van der Waals surface area contributed by atoms with Gasteiger partial charge in [0.15, 0.2) is 0 Å². The van der Waals surface area contributed by atoms with Gasteiger partial charge < -0.3 is 5.32 Å². The number of amides is 1. The van der Waals surface area contributed by atoms with Gasteiger partial charge in [0.25, 0.3) is 0 Å². The number of fused-ring (bicyclic) bond motifs is 1. The second-order valence-electron chi connectivity index (χ2n) is 5.57. The molecular formula is C19H19NOS. The van der Waals surface area contributed by atoms with Crippen molar-refractivity contribution in [1.29, 1.82) is 0 Å². The molecule has 22 heavy (non-hydrogen) atoms. The first-order valence-electron chi connectivity index (χ1n) is 7.51. The van der Waals surface area contributed by atoms with Crippen molar-refractivity contribution in [3.63, 3.8) is 0 Å². The average molecular weight is 309 g/mol. The molecular weight excluding hydrogens is 290 g/mol. The first-order valence-corrected chi connectivity index (χ1v) is 8.39. The molecule has 1 N–H and O–H groups in total. The molecule has 2 aromatic carbocycles. The summed E-state index contributed by atoms with van der Waals surface area (Å²) in [6.45, 7) is 2.06. The van der Waals surface area contributed by atoms with Crippen molar-refractivity contribution in [2.75, 3.05) is 0 Å². The van der Waals surface area contributed by atoms with Crippen molar-refractivity contribution < 1.29 is 4.79 Å². The largest absolute Gasteiger partial charge is 0.353 e. The standard InChI is InChI=1S/C19H19NOS/c1-14(12-17-9-5-11-22-17)20-19(21)13-16-8-4-7-15-6-2-3-10-18(15)16/h2-11,14H,12-13H2,1H3,(H,20,21)/t14-/m1/s1. The van der Waals surface area contributed by atoms with E-state index in [0.29, 0.717) is 6.42 Å². The lowest BCUT2D eigenvalue weighted by atomic mass is 10.0. The Morgan fingerprint density at radius 1 is 1.09 bits per heavy atom. The van der Waals surface area contributed by atoms with Gasteiger partial charge in [0.1, 0.15) is 0 Å². The van der Waals surface area contributed by atoms with Crippen LogP contribution in [0.25, 0.3) is 10.8 Å². The summed E-state index contributed by atoms with van der Waals surface area (Å²) < 4.78 is 0. The van der Waals surface area contributed by atoms with E-state index in [9.17, 15) is 4.79 Å².